The first-order chi connectivity index (χ1) is 11.7. The summed E-state index contributed by atoms with van der Waals surface area (Å²) < 4.78 is 8.02. The molecule has 1 aliphatic heterocycles. The van der Waals surface area contributed by atoms with E-state index in [1.54, 1.807) is 11.8 Å². The van der Waals surface area contributed by atoms with Crippen molar-refractivity contribution in [2.75, 3.05) is 19.9 Å². The number of benzene rings is 1. The van der Waals surface area contributed by atoms with Gasteiger partial charge >= 0.3 is 0 Å². The first-order valence-electron chi connectivity index (χ1n) is 8.47. The van der Waals surface area contributed by atoms with Crippen molar-refractivity contribution in [2.45, 2.75) is 50.7 Å². The molecule has 130 valence electrons. The highest BCUT2D eigenvalue weighted by Gasteiger charge is 2.21. The van der Waals surface area contributed by atoms with E-state index >= 15 is 0 Å². The number of rotatable bonds is 7. The zero-order chi connectivity index (χ0) is 16.9. The standard InChI is InChI=1S/C18H26N4OS/c1-14-6-4-7-15(10-14)11-21(2)13-17-19-20-18(24-3)22(17)12-16-8-5-9-23-16/h4,6-7,10,16H,5,8-9,11-13H2,1-3H3/t16-/m1/s1. The van der Waals surface area contributed by atoms with Crippen LogP contribution in [0.2, 0.25) is 0 Å². The van der Waals surface area contributed by atoms with Crippen LogP contribution in [-0.2, 0) is 24.4 Å². The van der Waals surface area contributed by atoms with Crippen LogP contribution >= 0.6 is 11.8 Å². The summed E-state index contributed by atoms with van der Waals surface area (Å²) in [6.07, 6.45) is 4.64. The molecule has 1 saturated heterocycles. The second-order valence-corrected chi connectivity index (χ2v) is 7.28. The van der Waals surface area contributed by atoms with Gasteiger partial charge in [-0.05, 0) is 38.6 Å². The van der Waals surface area contributed by atoms with E-state index in [9.17, 15) is 0 Å². The average molecular weight is 347 g/mol. The lowest BCUT2D eigenvalue weighted by atomic mass is 10.1. The van der Waals surface area contributed by atoms with Crippen LogP contribution in [0.15, 0.2) is 29.4 Å². The summed E-state index contributed by atoms with van der Waals surface area (Å²) >= 11 is 1.65. The van der Waals surface area contributed by atoms with Gasteiger partial charge in [-0.1, -0.05) is 41.6 Å². The van der Waals surface area contributed by atoms with Crippen molar-refractivity contribution in [1.29, 1.82) is 0 Å². The molecule has 6 heteroatoms. The van der Waals surface area contributed by atoms with E-state index in [-0.39, 0.29) is 0 Å². The number of aryl methyl sites for hydroxylation is 1. The summed E-state index contributed by atoms with van der Waals surface area (Å²) in [7, 11) is 2.13. The van der Waals surface area contributed by atoms with Gasteiger partial charge in [0, 0.05) is 13.2 Å². The van der Waals surface area contributed by atoms with Gasteiger partial charge in [0.15, 0.2) is 5.16 Å². The second-order valence-electron chi connectivity index (χ2n) is 6.51. The van der Waals surface area contributed by atoms with Gasteiger partial charge in [0.25, 0.3) is 0 Å². The van der Waals surface area contributed by atoms with E-state index in [0.29, 0.717) is 6.10 Å². The number of hydrogen-bond acceptors (Lipinski definition) is 5. The molecule has 1 aromatic heterocycles. The fourth-order valence-corrected chi connectivity index (χ4v) is 3.70. The Labute approximate surface area is 148 Å². The highest BCUT2D eigenvalue weighted by molar-refractivity contribution is 7.98. The highest BCUT2D eigenvalue weighted by atomic mass is 32.2. The number of hydrogen-bond donors (Lipinski definition) is 0. The van der Waals surface area contributed by atoms with Crippen molar-refractivity contribution >= 4 is 11.8 Å². The summed E-state index contributed by atoms with van der Waals surface area (Å²) in [5.41, 5.74) is 2.62. The average Bonchev–Trinajstić information content (AvgIpc) is 3.18. The molecule has 3 rings (SSSR count). The predicted molar refractivity (Wildman–Crippen MR) is 97.1 cm³/mol. The highest BCUT2D eigenvalue weighted by Crippen LogP contribution is 2.20. The van der Waals surface area contributed by atoms with Crippen LogP contribution in [0.4, 0.5) is 0 Å². The largest absolute Gasteiger partial charge is 0.376 e. The van der Waals surface area contributed by atoms with Crippen molar-refractivity contribution < 1.29 is 4.74 Å². The molecule has 1 atom stereocenters. The molecule has 0 amide bonds. The maximum atomic E-state index is 5.80. The summed E-state index contributed by atoms with van der Waals surface area (Å²) in [6.45, 7) is 5.56. The molecule has 0 radical (unpaired) electrons. The minimum Gasteiger partial charge on any atom is -0.376 e. The Morgan fingerprint density at radius 2 is 2.21 bits per heavy atom. The Balaban J connectivity index is 1.68. The van der Waals surface area contributed by atoms with Crippen LogP contribution in [0.1, 0.15) is 29.8 Å². The summed E-state index contributed by atoms with van der Waals surface area (Å²) in [5.74, 6) is 1.02. The Hall–Kier alpha value is -1.37. The number of thioether (sulfide) groups is 1. The molecule has 1 aromatic carbocycles. The Morgan fingerprint density at radius 1 is 1.33 bits per heavy atom. The lowest BCUT2D eigenvalue weighted by molar-refractivity contribution is 0.0934. The number of ether oxygens (including phenoxy) is 1. The summed E-state index contributed by atoms with van der Waals surface area (Å²) in [6, 6.07) is 8.66. The minimum atomic E-state index is 0.299. The fourth-order valence-electron chi connectivity index (χ4n) is 3.18. The molecule has 0 spiro atoms. The van der Waals surface area contributed by atoms with Crippen molar-refractivity contribution in [3.05, 3.63) is 41.2 Å². The molecular formula is C18H26N4OS. The molecule has 1 aliphatic rings. The van der Waals surface area contributed by atoms with Crippen molar-refractivity contribution in [3.63, 3.8) is 0 Å². The lowest BCUT2D eigenvalue weighted by Crippen LogP contribution is -2.23. The number of nitrogens with zero attached hydrogens (tertiary/aromatic N) is 4. The Bertz CT molecular complexity index is 667. The number of aromatic nitrogens is 3. The SMILES string of the molecule is CSc1nnc(CN(C)Cc2cccc(C)c2)n1C[C@H]1CCCO1. The van der Waals surface area contributed by atoms with Crippen molar-refractivity contribution in [2.24, 2.45) is 0 Å². The first-order valence-corrected chi connectivity index (χ1v) is 9.70. The minimum absolute atomic E-state index is 0.299. The molecule has 2 aromatic rings. The van der Waals surface area contributed by atoms with Crippen molar-refractivity contribution in [1.82, 2.24) is 19.7 Å². The van der Waals surface area contributed by atoms with Gasteiger partial charge in [0.05, 0.1) is 19.2 Å². The topological polar surface area (TPSA) is 43.2 Å². The van der Waals surface area contributed by atoms with Gasteiger partial charge in [-0.15, -0.1) is 10.2 Å². The monoisotopic (exact) mass is 346 g/mol. The predicted octanol–water partition coefficient (Wildman–Crippen LogP) is 3.12. The smallest absolute Gasteiger partial charge is 0.191 e. The molecule has 0 N–H and O–H groups in total. The van der Waals surface area contributed by atoms with E-state index in [1.807, 2.05) is 0 Å². The van der Waals surface area contributed by atoms with Gasteiger partial charge in [-0.25, -0.2) is 0 Å². The zero-order valence-electron chi connectivity index (χ0n) is 14.7. The van der Waals surface area contributed by atoms with E-state index in [4.69, 9.17) is 4.74 Å². The molecule has 5 nitrogen and oxygen atoms in total. The van der Waals surface area contributed by atoms with Crippen molar-refractivity contribution in [3.8, 4) is 0 Å². The fraction of sp³-hybridized carbons (Fsp3) is 0.556. The molecule has 0 unspecified atom stereocenters. The summed E-state index contributed by atoms with van der Waals surface area (Å²) in [4.78, 5) is 2.29. The van der Waals surface area contributed by atoms with Crippen LogP contribution < -0.4 is 0 Å². The molecule has 0 saturated carbocycles. The van der Waals surface area contributed by atoms with Gasteiger partial charge in [-0.3, -0.25) is 4.90 Å². The van der Waals surface area contributed by atoms with E-state index in [1.165, 1.54) is 11.1 Å². The molecule has 1 fully saturated rings. The lowest BCUT2D eigenvalue weighted by Gasteiger charge is -2.19. The van der Waals surface area contributed by atoms with Crippen LogP contribution in [-0.4, -0.2) is 45.7 Å². The Morgan fingerprint density at radius 3 is 2.92 bits per heavy atom. The first kappa shape index (κ1) is 17.5. The van der Waals surface area contributed by atoms with E-state index in [0.717, 1.165) is 50.1 Å². The second kappa shape index (κ2) is 8.14. The molecular weight excluding hydrogens is 320 g/mol. The maximum absolute atomic E-state index is 5.80. The van der Waals surface area contributed by atoms with Crippen LogP contribution in [0, 0.1) is 6.92 Å². The molecule has 24 heavy (non-hydrogen) atoms. The quantitative estimate of drug-likeness (QED) is 0.721. The molecule has 0 bridgehead atoms. The maximum Gasteiger partial charge on any atom is 0.191 e. The third kappa shape index (κ3) is 4.37. The van der Waals surface area contributed by atoms with Gasteiger partial charge < -0.3 is 9.30 Å². The Kier molecular flexibility index (Phi) is 5.92. The van der Waals surface area contributed by atoms with Gasteiger partial charge in [0.1, 0.15) is 5.82 Å². The molecule has 2 heterocycles. The summed E-state index contributed by atoms with van der Waals surface area (Å²) in [5, 5.41) is 9.74. The van der Waals surface area contributed by atoms with E-state index < -0.39 is 0 Å². The van der Waals surface area contributed by atoms with E-state index in [2.05, 4.69) is 64.2 Å². The van der Waals surface area contributed by atoms with Crippen LogP contribution in [0.3, 0.4) is 0 Å². The third-order valence-corrected chi connectivity index (χ3v) is 5.00. The van der Waals surface area contributed by atoms with Gasteiger partial charge in [-0.2, -0.15) is 0 Å². The van der Waals surface area contributed by atoms with Crippen LogP contribution in [0.25, 0.3) is 0 Å². The third-order valence-electron chi connectivity index (χ3n) is 4.33. The molecule has 0 aliphatic carbocycles. The normalized spacial score (nSPS) is 17.8. The van der Waals surface area contributed by atoms with Crippen LogP contribution in [0.5, 0.6) is 0 Å². The zero-order valence-corrected chi connectivity index (χ0v) is 15.6. The van der Waals surface area contributed by atoms with Gasteiger partial charge in [0.2, 0.25) is 0 Å².